The molecule has 2 atom stereocenters. The van der Waals surface area contributed by atoms with Crippen molar-refractivity contribution in [3.05, 3.63) is 45.8 Å². The van der Waals surface area contributed by atoms with Crippen LogP contribution in [0.3, 0.4) is 0 Å². The number of thiophene rings is 1. The molecule has 204 valence electrons. The Hall–Kier alpha value is -3.52. The van der Waals surface area contributed by atoms with E-state index in [-0.39, 0.29) is 17.2 Å². The Kier molecular flexibility index (Phi) is 7.21. The quantitative estimate of drug-likeness (QED) is 0.262. The first-order valence-corrected chi connectivity index (χ1v) is 14.6. The molecule has 5 heterocycles. The van der Waals surface area contributed by atoms with Crippen molar-refractivity contribution in [3.63, 3.8) is 0 Å². The van der Waals surface area contributed by atoms with Crippen molar-refractivity contribution in [2.24, 2.45) is 5.73 Å². The normalized spacial score (nSPS) is 19.8. The van der Waals surface area contributed by atoms with Gasteiger partial charge in [-0.05, 0) is 30.4 Å². The van der Waals surface area contributed by atoms with E-state index in [0.717, 1.165) is 35.4 Å². The average Bonchev–Trinajstić information content (AvgIpc) is 3.57. The fraction of sp³-hybridized carbons (Fsp3) is 0.385. The third-order valence-electron chi connectivity index (χ3n) is 7.22. The summed E-state index contributed by atoms with van der Waals surface area (Å²) >= 11 is 2.61. The number of rotatable bonds is 7. The zero-order chi connectivity index (χ0) is 26.9. The van der Waals surface area contributed by atoms with E-state index in [9.17, 15) is 9.59 Å². The van der Waals surface area contributed by atoms with Crippen LogP contribution in [0.4, 0.5) is 22.9 Å². The summed E-state index contributed by atoms with van der Waals surface area (Å²) in [5.74, 6) is -0.108. The van der Waals surface area contributed by atoms with Crippen LogP contribution in [-0.4, -0.2) is 53.7 Å². The number of ether oxygens (including phenoxy) is 1. The number of carbonyl (C=O) groups is 1. The molecule has 0 radical (unpaired) electrons. The molecule has 2 fully saturated rings. The van der Waals surface area contributed by atoms with Crippen molar-refractivity contribution in [1.82, 2.24) is 9.36 Å². The molecule has 6 rings (SSSR count). The first-order chi connectivity index (χ1) is 19.0. The third kappa shape index (κ3) is 5.22. The van der Waals surface area contributed by atoms with E-state index in [1.807, 2.05) is 16.3 Å². The summed E-state index contributed by atoms with van der Waals surface area (Å²) in [4.78, 5) is 32.3. The zero-order valence-corrected chi connectivity index (χ0v) is 22.9. The number of amides is 1. The van der Waals surface area contributed by atoms with Crippen LogP contribution < -0.4 is 32.4 Å². The Labute approximate surface area is 232 Å². The molecule has 39 heavy (non-hydrogen) atoms. The number of nitrogens with two attached hydrogens (primary N) is 1. The van der Waals surface area contributed by atoms with Gasteiger partial charge in [0.1, 0.15) is 10.7 Å². The Morgan fingerprint density at radius 1 is 1.15 bits per heavy atom. The lowest BCUT2D eigenvalue weighted by Gasteiger charge is -2.27. The van der Waals surface area contributed by atoms with Gasteiger partial charge in [0, 0.05) is 36.5 Å². The smallest absolute Gasteiger partial charge is 0.269 e. The Morgan fingerprint density at radius 2 is 1.97 bits per heavy atom. The highest BCUT2D eigenvalue weighted by Crippen LogP contribution is 2.41. The number of morpholine rings is 1. The van der Waals surface area contributed by atoms with E-state index in [0.29, 0.717) is 59.9 Å². The summed E-state index contributed by atoms with van der Waals surface area (Å²) in [6.45, 7) is 2.48. The van der Waals surface area contributed by atoms with Gasteiger partial charge in [-0.1, -0.05) is 6.42 Å². The molecule has 0 bridgehead atoms. The number of hydrogen-bond donors (Lipinski definition) is 4. The Morgan fingerprint density at radius 3 is 2.77 bits per heavy atom. The second kappa shape index (κ2) is 10.9. The number of nitrogens with one attached hydrogen (secondary N) is 2. The summed E-state index contributed by atoms with van der Waals surface area (Å²) in [6.07, 6.45) is 7.78. The van der Waals surface area contributed by atoms with Gasteiger partial charge in [0.25, 0.3) is 5.91 Å². The zero-order valence-electron chi connectivity index (χ0n) is 21.3. The lowest BCUT2D eigenvalue weighted by molar-refractivity contribution is -0.427. The number of carbonyl (C=O) groups excluding carboxylic acids is 1. The van der Waals surface area contributed by atoms with Gasteiger partial charge in [-0.3, -0.25) is 9.59 Å². The highest BCUT2D eigenvalue weighted by molar-refractivity contribution is 7.18. The van der Waals surface area contributed by atoms with E-state index in [2.05, 4.69) is 25.7 Å². The maximum Gasteiger partial charge on any atom is 0.269 e. The number of aromatic nitrogens is 2. The fourth-order valence-electron chi connectivity index (χ4n) is 5.14. The van der Waals surface area contributed by atoms with Gasteiger partial charge in [0.05, 0.1) is 53.6 Å². The number of pyridine rings is 1. The Bertz CT molecular complexity index is 1560. The summed E-state index contributed by atoms with van der Waals surface area (Å²) in [6, 6.07) is 3.94. The number of hydrogen-bond acceptors (Lipinski definition) is 11. The van der Waals surface area contributed by atoms with Crippen molar-refractivity contribution in [2.45, 2.75) is 37.8 Å². The van der Waals surface area contributed by atoms with Crippen LogP contribution in [0.2, 0.25) is 0 Å². The van der Waals surface area contributed by atoms with Crippen LogP contribution in [0.15, 0.2) is 39.1 Å². The maximum absolute atomic E-state index is 12.9. The summed E-state index contributed by atoms with van der Waals surface area (Å²) < 4.78 is 16.7. The molecule has 13 heteroatoms. The molecule has 7 N–H and O–H groups in total. The molecule has 1 saturated heterocycles. The highest BCUT2D eigenvalue weighted by Gasteiger charge is 2.26. The van der Waals surface area contributed by atoms with Crippen LogP contribution in [0.25, 0.3) is 20.7 Å². The van der Waals surface area contributed by atoms with Crippen LogP contribution in [0.5, 0.6) is 0 Å². The predicted octanol–water partition coefficient (Wildman–Crippen LogP) is 3.02. The minimum Gasteiger partial charge on any atom is -0.439 e. The molecule has 0 spiro atoms. The van der Waals surface area contributed by atoms with Crippen molar-refractivity contribution in [2.75, 3.05) is 41.8 Å². The summed E-state index contributed by atoms with van der Waals surface area (Å²) in [5.41, 5.74) is 13.2. The maximum atomic E-state index is 12.9. The van der Waals surface area contributed by atoms with Gasteiger partial charge in [0.15, 0.2) is 17.2 Å². The van der Waals surface area contributed by atoms with Gasteiger partial charge in [-0.25, -0.2) is 4.98 Å². The topological polar surface area (TPSA) is 163 Å². The minimum absolute atomic E-state index is 0.0848. The molecule has 4 aromatic rings. The third-order valence-corrected chi connectivity index (χ3v) is 9.03. The van der Waals surface area contributed by atoms with Gasteiger partial charge in [0.2, 0.25) is 5.43 Å². The first kappa shape index (κ1) is 25.7. The number of quaternary nitrogens is 1. The fourth-order valence-corrected chi connectivity index (χ4v) is 6.83. The Balaban J connectivity index is 1.34. The standard InChI is InChI=1S/C26H29N7O4S2/c27-16-3-1-2-4-17(16)31-14-9-18(22(26(28)35)29-11-14)32-19-12-30-39-24(19)15-13-38-25-20(34)10-21(37-23(15)25)33-5-7-36-8-6-33/h9-13,16-17,31-32H,1-8,27H2,(H2,28,35)/p+1/t16-,17+/m1/s1. The van der Waals surface area contributed by atoms with Gasteiger partial charge >= 0.3 is 0 Å². The molecule has 1 aliphatic carbocycles. The van der Waals surface area contributed by atoms with Crippen molar-refractivity contribution >= 4 is 62.0 Å². The van der Waals surface area contributed by atoms with E-state index < -0.39 is 5.91 Å². The molecular formula is C26H30N7O4S2+. The molecule has 1 amide bonds. The number of anilines is 4. The molecule has 1 aliphatic heterocycles. The van der Waals surface area contributed by atoms with E-state index in [4.69, 9.17) is 14.9 Å². The van der Waals surface area contributed by atoms with E-state index >= 15 is 0 Å². The molecular weight excluding hydrogens is 538 g/mol. The summed E-state index contributed by atoms with van der Waals surface area (Å²) in [7, 11) is 0. The second-order valence-electron chi connectivity index (χ2n) is 9.83. The predicted molar refractivity (Wildman–Crippen MR) is 153 cm³/mol. The van der Waals surface area contributed by atoms with Gasteiger partial charge < -0.3 is 36.2 Å². The van der Waals surface area contributed by atoms with Crippen LogP contribution in [0.1, 0.15) is 36.2 Å². The number of fused-ring (bicyclic) bond motifs is 1. The molecule has 11 nitrogen and oxygen atoms in total. The minimum atomic E-state index is -0.636. The second-order valence-corrected chi connectivity index (χ2v) is 11.5. The van der Waals surface area contributed by atoms with Gasteiger partial charge in [-0.2, -0.15) is 4.37 Å². The lowest BCUT2D eigenvalue weighted by Crippen LogP contribution is -2.68. The van der Waals surface area contributed by atoms with Crippen LogP contribution >= 0.6 is 22.9 Å². The molecule has 0 aromatic carbocycles. The molecule has 2 aliphatic rings. The SMILES string of the molecule is NC(=O)c1ncc(N[C@H]2CCCC[C@H]2[NH3+])cc1Nc1cnsc1-c1csc2c(=O)cc(N3CCOCC3)oc12. The average molecular weight is 569 g/mol. The number of primary amides is 1. The van der Waals surface area contributed by atoms with E-state index in [1.165, 1.54) is 29.3 Å². The summed E-state index contributed by atoms with van der Waals surface area (Å²) in [5, 5.41) is 8.76. The first-order valence-electron chi connectivity index (χ1n) is 13.0. The van der Waals surface area contributed by atoms with Crippen molar-refractivity contribution < 1.29 is 19.7 Å². The lowest BCUT2D eigenvalue weighted by atomic mass is 9.91. The number of nitrogens with zero attached hydrogens (tertiary/aromatic N) is 3. The van der Waals surface area contributed by atoms with Crippen LogP contribution in [-0.2, 0) is 4.74 Å². The van der Waals surface area contributed by atoms with Gasteiger partial charge in [-0.15, -0.1) is 11.3 Å². The van der Waals surface area contributed by atoms with Crippen molar-refractivity contribution in [1.29, 1.82) is 0 Å². The monoisotopic (exact) mass is 568 g/mol. The van der Waals surface area contributed by atoms with E-state index in [1.54, 1.807) is 18.5 Å². The highest BCUT2D eigenvalue weighted by atomic mass is 32.1. The van der Waals surface area contributed by atoms with Crippen LogP contribution in [0, 0.1) is 0 Å². The van der Waals surface area contributed by atoms with Crippen molar-refractivity contribution in [3.8, 4) is 10.4 Å². The largest absolute Gasteiger partial charge is 0.439 e. The molecule has 4 aromatic heterocycles. The molecule has 0 unspecified atom stereocenters. The molecule has 1 saturated carbocycles.